The summed E-state index contributed by atoms with van der Waals surface area (Å²) in [7, 11) is 2.27. The maximum Gasteiger partial charge on any atom is 0.108 e. The van der Waals surface area contributed by atoms with E-state index in [0.29, 0.717) is 0 Å². The molecule has 2 aliphatic rings. The van der Waals surface area contributed by atoms with Gasteiger partial charge in [0.2, 0.25) is 0 Å². The molecule has 2 aliphatic heterocycles. The van der Waals surface area contributed by atoms with Crippen LogP contribution in [0.5, 0.6) is 0 Å². The van der Waals surface area contributed by atoms with Gasteiger partial charge in [-0.25, -0.2) is 0 Å². The van der Waals surface area contributed by atoms with Gasteiger partial charge in [0.05, 0.1) is 25.2 Å². The number of hydrogen-bond acceptors (Lipinski definition) is 1. The van der Waals surface area contributed by atoms with Crippen molar-refractivity contribution in [2.75, 3.05) is 7.05 Å². The van der Waals surface area contributed by atoms with Crippen molar-refractivity contribution in [1.29, 1.82) is 0 Å². The molecule has 0 aromatic heterocycles. The van der Waals surface area contributed by atoms with Crippen LogP contribution in [-0.4, -0.2) is 36.5 Å². The van der Waals surface area contributed by atoms with Crippen LogP contribution in [0.4, 0.5) is 0 Å². The number of rotatable bonds is 4. The van der Waals surface area contributed by atoms with Crippen LogP contribution in [0.15, 0.2) is 97.1 Å². The highest BCUT2D eigenvalue weighted by molar-refractivity contribution is 7.19. The Morgan fingerprint density at radius 1 is 0.564 bits per heavy atom. The highest BCUT2D eigenvalue weighted by Crippen LogP contribution is 2.21. The average Bonchev–Trinajstić information content (AvgIpc) is 3.11. The zero-order chi connectivity index (χ0) is 27.6. The first kappa shape index (κ1) is 27.4. The monoisotopic (exact) mass is 517 g/mol. The average molecular weight is 518 g/mol. The molecule has 3 heteroatoms. The maximum absolute atomic E-state index is 9.39. The fourth-order valence-electron chi connectivity index (χ4n) is 7.46. The molecule has 0 saturated carbocycles. The van der Waals surface area contributed by atoms with E-state index in [1.54, 1.807) is 4.90 Å². The Labute approximate surface area is 235 Å². The summed E-state index contributed by atoms with van der Waals surface area (Å²) in [5.74, 6) is 0. The van der Waals surface area contributed by atoms with Crippen LogP contribution in [0.1, 0.15) is 47.9 Å². The van der Waals surface area contributed by atoms with E-state index in [1.807, 2.05) is 0 Å². The summed E-state index contributed by atoms with van der Waals surface area (Å²) in [6.07, 6.45) is 3.49. The molecule has 2 atom stereocenters. The molecule has 39 heavy (non-hydrogen) atoms. The molecular weight excluding hydrogens is 473 g/mol. The van der Waals surface area contributed by atoms with Crippen molar-refractivity contribution in [1.82, 2.24) is 0 Å². The van der Waals surface area contributed by atoms with Gasteiger partial charge in [0, 0.05) is 25.7 Å². The molecule has 0 spiro atoms. The number of fused-ring (bicyclic) bond motifs is 2. The zero-order valence-electron chi connectivity index (χ0n) is 24.3. The van der Waals surface area contributed by atoms with E-state index in [-0.39, 0.29) is 6.10 Å². The zero-order valence-corrected chi connectivity index (χ0v) is 24.3. The second-order valence-electron chi connectivity index (χ2n) is 12.4. The van der Waals surface area contributed by atoms with Crippen LogP contribution < -0.4 is 26.8 Å². The second-order valence-corrected chi connectivity index (χ2v) is 12.4. The first-order chi connectivity index (χ1) is 18.8. The predicted molar refractivity (Wildman–Crippen MR) is 168 cm³/mol. The van der Waals surface area contributed by atoms with Crippen molar-refractivity contribution in [3.8, 4) is 0 Å². The van der Waals surface area contributed by atoms with Crippen LogP contribution in [-0.2, 0) is 0 Å². The molecule has 4 aromatic carbocycles. The normalized spacial score (nSPS) is 22.2. The van der Waals surface area contributed by atoms with Gasteiger partial charge in [-0.2, -0.15) is 21.9 Å². The fraction of sp³-hybridized carbons (Fsp3) is 0.333. The number of benzene rings is 4. The molecule has 2 bridgehead atoms. The lowest BCUT2D eigenvalue weighted by Crippen LogP contribution is -3.15. The first-order valence-corrected chi connectivity index (χ1v) is 14.7. The third-order valence-corrected chi connectivity index (χ3v) is 9.43. The molecule has 2 heterocycles. The number of aliphatic hydroxyl groups is 1. The number of aliphatic hydroxyl groups excluding tert-OH is 1. The molecule has 2 nitrogen and oxygen atoms in total. The minimum Gasteiger partial charge on any atom is -0.393 e. The lowest BCUT2D eigenvalue weighted by Gasteiger charge is -2.45. The standard InChI is InChI=1S/C28H28B.C8H15NO/c1-21-9-5-13-25(17-21)29(26-14-6-10-22(2)18-26,27-15-7-11-23(3)19-27)28-16-8-12-24(4)20-28;1-9-6-2-3-7(9)5-8(10)4-6/h5-20H,1-4H3;6-8,10H,2-5H2,1H3/q-1;/p+1. The fourth-order valence-corrected chi connectivity index (χ4v) is 7.46. The Hall–Kier alpha value is -3.14. The summed E-state index contributed by atoms with van der Waals surface area (Å²) in [6, 6.07) is 37.8. The summed E-state index contributed by atoms with van der Waals surface area (Å²) in [5, 5.41) is 9.39. The molecule has 6 rings (SSSR count). The summed E-state index contributed by atoms with van der Waals surface area (Å²) in [5.41, 5.74) is 10.6. The lowest BCUT2D eigenvalue weighted by molar-refractivity contribution is -0.923. The van der Waals surface area contributed by atoms with E-state index in [0.717, 1.165) is 24.9 Å². The Morgan fingerprint density at radius 2 is 0.872 bits per heavy atom. The van der Waals surface area contributed by atoms with Crippen molar-refractivity contribution >= 4 is 28.0 Å². The van der Waals surface area contributed by atoms with Crippen LogP contribution >= 0.6 is 0 Å². The van der Waals surface area contributed by atoms with Gasteiger partial charge in [0.1, 0.15) is 6.15 Å². The summed E-state index contributed by atoms with van der Waals surface area (Å²) >= 11 is 0. The van der Waals surface area contributed by atoms with E-state index in [4.69, 9.17) is 0 Å². The van der Waals surface area contributed by atoms with Crippen LogP contribution in [0.3, 0.4) is 0 Å². The predicted octanol–water partition coefficient (Wildman–Crippen LogP) is 3.48. The number of hydrogen-bond donors (Lipinski definition) is 2. The van der Waals surface area contributed by atoms with Gasteiger partial charge in [-0.05, 0) is 27.7 Å². The van der Waals surface area contributed by atoms with Gasteiger partial charge < -0.3 is 10.0 Å². The molecule has 2 fully saturated rings. The highest BCUT2D eigenvalue weighted by atomic mass is 16.3. The van der Waals surface area contributed by atoms with Gasteiger partial charge in [0.25, 0.3) is 0 Å². The van der Waals surface area contributed by atoms with E-state index in [9.17, 15) is 5.11 Å². The number of nitrogens with one attached hydrogen (secondary N) is 1. The van der Waals surface area contributed by atoms with Crippen LogP contribution in [0.25, 0.3) is 0 Å². The Balaban J connectivity index is 0.000000257. The van der Waals surface area contributed by atoms with Crippen molar-refractivity contribution in [3.05, 3.63) is 119 Å². The minimum absolute atomic E-state index is 0.0150. The molecular formula is C36H44BNO. The third-order valence-electron chi connectivity index (χ3n) is 9.43. The van der Waals surface area contributed by atoms with Gasteiger partial charge in [-0.1, -0.05) is 119 Å². The smallest absolute Gasteiger partial charge is 0.108 e. The molecule has 2 N–H and O–H groups in total. The first-order valence-electron chi connectivity index (χ1n) is 14.7. The van der Waals surface area contributed by atoms with E-state index < -0.39 is 6.15 Å². The summed E-state index contributed by atoms with van der Waals surface area (Å²) < 4.78 is 0. The molecule has 0 amide bonds. The van der Waals surface area contributed by atoms with Gasteiger partial charge in [0.15, 0.2) is 0 Å². The van der Waals surface area contributed by atoms with Crippen LogP contribution in [0.2, 0.25) is 0 Å². The number of quaternary nitrogens is 1. The van der Waals surface area contributed by atoms with Crippen molar-refractivity contribution in [2.45, 2.75) is 71.6 Å². The lowest BCUT2D eigenvalue weighted by atomic mass is 9.13. The third kappa shape index (κ3) is 5.62. The maximum atomic E-state index is 9.39. The van der Waals surface area contributed by atoms with Gasteiger partial charge >= 0.3 is 0 Å². The molecule has 2 unspecified atom stereocenters. The van der Waals surface area contributed by atoms with Gasteiger partial charge in [-0.15, -0.1) is 0 Å². The topological polar surface area (TPSA) is 24.7 Å². The molecule has 202 valence electrons. The Bertz CT molecular complexity index is 1230. The van der Waals surface area contributed by atoms with Crippen molar-refractivity contribution in [2.24, 2.45) is 0 Å². The Morgan fingerprint density at radius 3 is 1.15 bits per heavy atom. The largest absolute Gasteiger partial charge is 0.393 e. The molecule has 2 saturated heterocycles. The molecule has 4 aromatic rings. The molecule has 0 radical (unpaired) electrons. The highest BCUT2D eigenvalue weighted by Gasteiger charge is 2.41. The number of piperidine rings is 1. The quantitative estimate of drug-likeness (QED) is 0.398. The summed E-state index contributed by atoms with van der Waals surface area (Å²) in [4.78, 5) is 1.67. The summed E-state index contributed by atoms with van der Waals surface area (Å²) in [6.45, 7) is 8.75. The Kier molecular flexibility index (Phi) is 8.12. The second kappa shape index (κ2) is 11.5. The molecule has 0 aliphatic carbocycles. The van der Waals surface area contributed by atoms with Crippen LogP contribution in [0, 0.1) is 27.7 Å². The van der Waals surface area contributed by atoms with Crippen molar-refractivity contribution in [3.63, 3.8) is 0 Å². The SMILES string of the molecule is C[NH+]1C2CCC1CC(O)C2.Cc1cccc([B-](c2cccc(C)c2)(c2cccc(C)c2)c2cccc(C)c2)c1. The van der Waals surface area contributed by atoms with E-state index in [1.165, 1.54) is 56.9 Å². The van der Waals surface area contributed by atoms with E-state index >= 15 is 0 Å². The van der Waals surface area contributed by atoms with Crippen molar-refractivity contribution < 1.29 is 10.0 Å². The minimum atomic E-state index is -1.29. The van der Waals surface area contributed by atoms with Gasteiger partial charge in [-0.3, -0.25) is 0 Å². The number of aryl methyl sites for hydroxylation is 4. The van der Waals surface area contributed by atoms with E-state index in [2.05, 4.69) is 132 Å².